The van der Waals surface area contributed by atoms with Crippen LogP contribution in [0.25, 0.3) is 0 Å². The Labute approximate surface area is 70.1 Å². The van der Waals surface area contributed by atoms with E-state index in [2.05, 4.69) is 16.1 Å². The predicted molar refractivity (Wildman–Crippen MR) is 41.3 cm³/mol. The van der Waals surface area contributed by atoms with Crippen molar-refractivity contribution in [2.45, 2.75) is 13.0 Å². The van der Waals surface area contributed by atoms with Crippen LogP contribution < -0.4 is 5.73 Å². The first-order valence-electron chi connectivity index (χ1n) is 3.31. The van der Waals surface area contributed by atoms with Gasteiger partial charge in [-0.2, -0.15) is 0 Å². The number of carbonyl (C=O) groups is 2. The highest BCUT2D eigenvalue weighted by molar-refractivity contribution is 5.81. The Hall–Kier alpha value is -1.52. The van der Waals surface area contributed by atoms with Crippen LogP contribution in [-0.2, 0) is 14.3 Å². The van der Waals surface area contributed by atoms with E-state index >= 15 is 0 Å². The zero-order valence-corrected chi connectivity index (χ0v) is 6.78. The van der Waals surface area contributed by atoms with Gasteiger partial charge in [-0.25, -0.2) is 9.59 Å². The van der Waals surface area contributed by atoms with Gasteiger partial charge in [0.1, 0.15) is 12.7 Å². The summed E-state index contributed by atoms with van der Waals surface area (Å²) >= 11 is 0. The number of ether oxygens (including phenoxy) is 2. The number of hydrogen-bond acceptors (Lipinski definition) is 4. The van der Waals surface area contributed by atoms with Crippen LogP contribution in [0.1, 0.15) is 6.92 Å². The molecular weight excluding hydrogens is 162 g/mol. The van der Waals surface area contributed by atoms with E-state index in [1.165, 1.54) is 0 Å². The van der Waals surface area contributed by atoms with Crippen LogP contribution in [-0.4, -0.2) is 24.8 Å². The molecule has 0 aliphatic rings. The molecule has 1 unspecified atom stereocenters. The lowest BCUT2D eigenvalue weighted by molar-refractivity contribution is -0.140. The molecule has 0 spiro atoms. The van der Waals surface area contributed by atoms with Crippen molar-refractivity contribution in [2.75, 3.05) is 6.61 Å². The SMILES string of the molecule is C=CC(=O)OCC(C)OC(N)=O. The Morgan fingerprint density at radius 3 is 2.67 bits per heavy atom. The summed E-state index contributed by atoms with van der Waals surface area (Å²) in [6, 6.07) is 0. The van der Waals surface area contributed by atoms with Gasteiger partial charge in [0.2, 0.25) is 0 Å². The average molecular weight is 173 g/mol. The maximum atomic E-state index is 10.5. The highest BCUT2D eigenvalue weighted by Gasteiger charge is 2.07. The second kappa shape index (κ2) is 5.17. The third-order valence-corrected chi connectivity index (χ3v) is 0.944. The molecule has 0 heterocycles. The largest absolute Gasteiger partial charge is 0.459 e. The van der Waals surface area contributed by atoms with Crippen molar-refractivity contribution < 1.29 is 19.1 Å². The number of nitrogens with two attached hydrogens (primary N) is 1. The van der Waals surface area contributed by atoms with Gasteiger partial charge in [-0.15, -0.1) is 0 Å². The summed E-state index contributed by atoms with van der Waals surface area (Å²) in [5.41, 5.74) is 4.71. The smallest absolute Gasteiger partial charge is 0.404 e. The molecule has 5 nitrogen and oxygen atoms in total. The highest BCUT2D eigenvalue weighted by atomic mass is 16.6. The summed E-state index contributed by atoms with van der Waals surface area (Å²) in [4.78, 5) is 20.7. The van der Waals surface area contributed by atoms with Crippen LogP contribution in [0.2, 0.25) is 0 Å². The van der Waals surface area contributed by atoms with Crippen LogP contribution in [0.4, 0.5) is 4.79 Å². The van der Waals surface area contributed by atoms with Crippen molar-refractivity contribution in [3.8, 4) is 0 Å². The molecule has 12 heavy (non-hydrogen) atoms. The third-order valence-electron chi connectivity index (χ3n) is 0.944. The number of esters is 1. The summed E-state index contributed by atoms with van der Waals surface area (Å²) in [6.07, 6.45) is -0.402. The zero-order valence-electron chi connectivity index (χ0n) is 6.78. The zero-order chi connectivity index (χ0) is 9.56. The topological polar surface area (TPSA) is 78.6 Å². The van der Waals surface area contributed by atoms with E-state index in [1.807, 2.05) is 0 Å². The van der Waals surface area contributed by atoms with Gasteiger partial charge in [-0.1, -0.05) is 6.58 Å². The fourth-order valence-electron chi connectivity index (χ4n) is 0.491. The van der Waals surface area contributed by atoms with Crippen molar-refractivity contribution >= 4 is 12.1 Å². The summed E-state index contributed by atoms with van der Waals surface area (Å²) in [6.45, 7) is 4.73. The molecule has 1 amide bonds. The monoisotopic (exact) mass is 173 g/mol. The van der Waals surface area contributed by atoms with E-state index in [0.29, 0.717) is 0 Å². The van der Waals surface area contributed by atoms with Crippen molar-refractivity contribution in [2.24, 2.45) is 5.73 Å². The second-order valence-electron chi connectivity index (χ2n) is 2.08. The Morgan fingerprint density at radius 2 is 2.25 bits per heavy atom. The summed E-state index contributed by atoms with van der Waals surface area (Å²) < 4.78 is 9.04. The number of amides is 1. The Kier molecular flexibility index (Phi) is 4.52. The maximum absolute atomic E-state index is 10.5. The molecule has 68 valence electrons. The maximum Gasteiger partial charge on any atom is 0.404 e. The first kappa shape index (κ1) is 10.5. The minimum Gasteiger partial charge on any atom is -0.459 e. The van der Waals surface area contributed by atoms with Gasteiger partial charge in [0.15, 0.2) is 0 Å². The molecule has 0 aromatic heterocycles. The number of rotatable bonds is 4. The fourth-order valence-corrected chi connectivity index (χ4v) is 0.491. The van der Waals surface area contributed by atoms with Gasteiger partial charge in [-0.05, 0) is 6.92 Å². The Bertz CT molecular complexity index is 190. The number of primary amides is 1. The third kappa shape index (κ3) is 5.28. The normalized spacial score (nSPS) is 11.4. The fraction of sp³-hybridized carbons (Fsp3) is 0.429. The minimum absolute atomic E-state index is 0.0200. The van der Waals surface area contributed by atoms with Gasteiger partial charge in [0.25, 0.3) is 0 Å². The average Bonchev–Trinajstić information content (AvgIpc) is 1.99. The standard InChI is InChI=1S/C7H11NO4/c1-3-6(9)11-4-5(2)12-7(8)10/h3,5H,1,4H2,2H3,(H2,8,10). The molecule has 0 aliphatic heterocycles. The van der Waals surface area contributed by atoms with Gasteiger partial charge in [0.05, 0.1) is 0 Å². The van der Waals surface area contributed by atoms with Crippen molar-refractivity contribution in [1.82, 2.24) is 0 Å². The summed E-state index contributed by atoms with van der Waals surface area (Å²) in [5, 5.41) is 0. The molecule has 0 bridgehead atoms. The molecule has 0 radical (unpaired) electrons. The van der Waals surface area contributed by atoms with Crippen LogP contribution in [0, 0.1) is 0 Å². The van der Waals surface area contributed by atoms with E-state index in [-0.39, 0.29) is 6.61 Å². The minimum atomic E-state index is -0.892. The van der Waals surface area contributed by atoms with Crippen molar-refractivity contribution in [1.29, 1.82) is 0 Å². The lowest BCUT2D eigenvalue weighted by Crippen LogP contribution is -2.25. The summed E-state index contributed by atoms with van der Waals surface area (Å²) in [7, 11) is 0. The van der Waals surface area contributed by atoms with Crippen LogP contribution in [0.5, 0.6) is 0 Å². The van der Waals surface area contributed by atoms with Gasteiger partial charge >= 0.3 is 12.1 Å². The van der Waals surface area contributed by atoms with Crippen molar-refractivity contribution in [3.63, 3.8) is 0 Å². The molecular formula is C7H11NO4. The number of carbonyl (C=O) groups excluding carboxylic acids is 2. The molecule has 0 rings (SSSR count). The van der Waals surface area contributed by atoms with Gasteiger partial charge in [-0.3, -0.25) is 0 Å². The molecule has 0 aromatic carbocycles. The molecule has 2 N–H and O–H groups in total. The van der Waals surface area contributed by atoms with E-state index < -0.39 is 18.2 Å². The predicted octanol–water partition coefficient (Wildman–Crippen LogP) is 0.199. The lowest BCUT2D eigenvalue weighted by Gasteiger charge is -2.10. The lowest BCUT2D eigenvalue weighted by atomic mass is 10.4. The van der Waals surface area contributed by atoms with E-state index in [1.54, 1.807) is 6.92 Å². The van der Waals surface area contributed by atoms with E-state index in [0.717, 1.165) is 6.08 Å². The Morgan fingerprint density at radius 1 is 1.67 bits per heavy atom. The van der Waals surface area contributed by atoms with Crippen LogP contribution in [0.3, 0.4) is 0 Å². The molecule has 0 saturated heterocycles. The molecule has 5 heteroatoms. The molecule has 0 aliphatic carbocycles. The second-order valence-corrected chi connectivity index (χ2v) is 2.08. The van der Waals surface area contributed by atoms with Crippen molar-refractivity contribution in [3.05, 3.63) is 12.7 Å². The molecule has 0 saturated carbocycles. The quantitative estimate of drug-likeness (QED) is 0.486. The first-order chi connectivity index (χ1) is 5.56. The number of hydrogen-bond donors (Lipinski definition) is 1. The summed E-state index contributed by atoms with van der Waals surface area (Å²) in [5.74, 6) is -0.560. The van der Waals surface area contributed by atoms with Gasteiger partial charge < -0.3 is 15.2 Å². The molecule has 0 aromatic rings. The first-order valence-corrected chi connectivity index (χ1v) is 3.31. The van der Waals surface area contributed by atoms with Crippen LogP contribution in [0.15, 0.2) is 12.7 Å². The Balaban J connectivity index is 3.56. The van der Waals surface area contributed by atoms with Gasteiger partial charge in [0, 0.05) is 6.08 Å². The van der Waals surface area contributed by atoms with Crippen LogP contribution >= 0.6 is 0 Å². The molecule has 0 fully saturated rings. The van der Waals surface area contributed by atoms with E-state index in [9.17, 15) is 9.59 Å². The van der Waals surface area contributed by atoms with E-state index in [4.69, 9.17) is 5.73 Å². The molecule has 1 atom stereocenters. The highest BCUT2D eigenvalue weighted by Crippen LogP contribution is 1.92.